The number of halogens is 2. The first-order chi connectivity index (χ1) is 13.3. The number of carbonyl (C=O) groups excluding carboxylic acids is 1. The van der Waals surface area contributed by atoms with Gasteiger partial charge in [0, 0.05) is 10.6 Å². The third-order valence-corrected chi connectivity index (χ3v) is 5.70. The number of allylic oxidation sites excluding steroid dienone is 1. The minimum Gasteiger partial charge on any atom is -0.379 e. The molecule has 0 amide bonds. The Bertz CT molecular complexity index is 1120. The van der Waals surface area contributed by atoms with Crippen LogP contribution in [0, 0.1) is 0 Å². The van der Waals surface area contributed by atoms with Crippen LogP contribution < -0.4 is 4.18 Å². The first kappa shape index (κ1) is 20.1. The number of rotatable bonds is 6. The van der Waals surface area contributed by atoms with Gasteiger partial charge < -0.3 is 4.18 Å². The van der Waals surface area contributed by atoms with Crippen molar-refractivity contribution in [1.29, 1.82) is 0 Å². The summed E-state index contributed by atoms with van der Waals surface area (Å²) in [6.07, 6.45) is 3.09. The Labute approximate surface area is 173 Å². The van der Waals surface area contributed by atoms with Crippen LogP contribution in [-0.4, -0.2) is 14.2 Å². The quantitative estimate of drug-likeness (QED) is 0.286. The van der Waals surface area contributed by atoms with Gasteiger partial charge in [0.1, 0.15) is 10.6 Å². The van der Waals surface area contributed by atoms with Gasteiger partial charge >= 0.3 is 10.1 Å². The van der Waals surface area contributed by atoms with Gasteiger partial charge in [-0.1, -0.05) is 71.7 Å². The monoisotopic (exact) mass is 432 g/mol. The largest absolute Gasteiger partial charge is 0.379 e. The second-order valence-electron chi connectivity index (χ2n) is 5.74. The molecule has 0 N–H and O–H groups in total. The van der Waals surface area contributed by atoms with Crippen molar-refractivity contribution < 1.29 is 17.4 Å². The van der Waals surface area contributed by atoms with Gasteiger partial charge in [-0.05, 0) is 42.0 Å². The van der Waals surface area contributed by atoms with Gasteiger partial charge in [0.15, 0.2) is 5.78 Å². The molecule has 0 radical (unpaired) electrons. The van der Waals surface area contributed by atoms with Crippen LogP contribution in [0.15, 0.2) is 83.8 Å². The lowest BCUT2D eigenvalue weighted by Gasteiger charge is -2.09. The van der Waals surface area contributed by atoms with Crippen molar-refractivity contribution in [3.05, 3.63) is 100 Å². The summed E-state index contributed by atoms with van der Waals surface area (Å²) in [6, 6.07) is 19.2. The molecule has 4 nitrogen and oxygen atoms in total. The highest BCUT2D eigenvalue weighted by Gasteiger charge is 2.20. The molecule has 3 aromatic carbocycles. The third-order valence-electron chi connectivity index (χ3n) is 3.73. The fourth-order valence-electron chi connectivity index (χ4n) is 2.35. The van der Waals surface area contributed by atoms with Crippen molar-refractivity contribution in [3.63, 3.8) is 0 Å². The van der Waals surface area contributed by atoms with Gasteiger partial charge in [0.25, 0.3) is 0 Å². The molecule has 28 heavy (non-hydrogen) atoms. The average Bonchev–Trinajstić information content (AvgIpc) is 2.69. The number of hydrogen-bond donors (Lipinski definition) is 0. The molecule has 0 unspecified atom stereocenters. The number of benzene rings is 3. The molecule has 0 aliphatic carbocycles. The predicted molar refractivity (Wildman–Crippen MR) is 111 cm³/mol. The van der Waals surface area contributed by atoms with E-state index in [4.69, 9.17) is 27.4 Å². The van der Waals surface area contributed by atoms with E-state index in [0.29, 0.717) is 5.56 Å². The van der Waals surface area contributed by atoms with Crippen LogP contribution in [0.4, 0.5) is 0 Å². The Morgan fingerprint density at radius 1 is 0.893 bits per heavy atom. The Balaban J connectivity index is 1.73. The summed E-state index contributed by atoms with van der Waals surface area (Å²) in [5.41, 5.74) is 1.30. The molecular formula is C21H14Cl2O4S. The lowest BCUT2D eigenvalue weighted by molar-refractivity contribution is 0.104. The second kappa shape index (κ2) is 8.61. The van der Waals surface area contributed by atoms with Crippen molar-refractivity contribution in [2.75, 3.05) is 0 Å². The molecule has 0 bridgehead atoms. The summed E-state index contributed by atoms with van der Waals surface area (Å²) in [6.45, 7) is 0. The van der Waals surface area contributed by atoms with Crippen molar-refractivity contribution in [2.24, 2.45) is 0 Å². The summed E-state index contributed by atoms with van der Waals surface area (Å²) >= 11 is 11.8. The maximum atomic E-state index is 12.4. The minimum atomic E-state index is -4.13. The second-order valence-corrected chi connectivity index (χ2v) is 8.10. The zero-order valence-electron chi connectivity index (χ0n) is 14.4. The third kappa shape index (κ3) is 5.01. The topological polar surface area (TPSA) is 60.4 Å². The molecule has 0 spiro atoms. The summed E-state index contributed by atoms with van der Waals surface area (Å²) < 4.78 is 29.9. The van der Waals surface area contributed by atoms with Gasteiger partial charge in [-0.15, -0.1) is 0 Å². The van der Waals surface area contributed by atoms with Gasteiger partial charge in [0.2, 0.25) is 0 Å². The minimum absolute atomic E-state index is 0.0170. The van der Waals surface area contributed by atoms with E-state index >= 15 is 0 Å². The zero-order chi connectivity index (χ0) is 20.1. The standard InChI is InChI=1S/C21H14Cl2O4S/c22-17-9-12-19(23)21(14-17)28(25,26)27-18-10-6-15(7-11-18)8-13-20(24)16-4-2-1-3-5-16/h1-14H. The van der Waals surface area contributed by atoms with E-state index in [9.17, 15) is 13.2 Å². The van der Waals surface area contributed by atoms with Crippen LogP contribution in [0.5, 0.6) is 5.75 Å². The predicted octanol–water partition coefficient (Wildman–Crippen LogP) is 5.66. The highest BCUT2D eigenvalue weighted by atomic mass is 35.5. The maximum absolute atomic E-state index is 12.4. The molecule has 142 valence electrons. The number of ketones is 1. The van der Waals surface area contributed by atoms with Crippen LogP contribution in [0.3, 0.4) is 0 Å². The number of hydrogen-bond acceptors (Lipinski definition) is 4. The first-order valence-corrected chi connectivity index (χ1v) is 10.3. The van der Waals surface area contributed by atoms with Crippen LogP contribution in [-0.2, 0) is 10.1 Å². The van der Waals surface area contributed by atoms with Gasteiger partial charge in [0.05, 0.1) is 5.02 Å². The first-order valence-electron chi connectivity index (χ1n) is 8.12. The molecule has 7 heteroatoms. The summed E-state index contributed by atoms with van der Waals surface area (Å²) in [5, 5.41) is 0.249. The lowest BCUT2D eigenvalue weighted by atomic mass is 10.1. The maximum Gasteiger partial charge on any atom is 0.340 e. The summed E-state index contributed by atoms with van der Waals surface area (Å²) in [4.78, 5) is 11.9. The van der Waals surface area contributed by atoms with E-state index in [2.05, 4.69) is 0 Å². The van der Waals surface area contributed by atoms with E-state index in [1.54, 1.807) is 42.5 Å². The van der Waals surface area contributed by atoms with Crippen molar-refractivity contribution in [3.8, 4) is 5.75 Å². The van der Waals surface area contributed by atoms with Gasteiger partial charge in [-0.2, -0.15) is 8.42 Å². The SMILES string of the molecule is O=C(C=Cc1ccc(OS(=O)(=O)c2cc(Cl)ccc2Cl)cc1)c1ccccc1. The molecule has 0 saturated carbocycles. The van der Waals surface area contributed by atoms with Gasteiger partial charge in [-0.25, -0.2) is 0 Å². The Morgan fingerprint density at radius 3 is 2.25 bits per heavy atom. The van der Waals surface area contributed by atoms with E-state index in [1.807, 2.05) is 6.07 Å². The summed E-state index contributed by atoms with van der Waals surface area (Å²) in [7, 11) is -4.13. The fourth-order valence-corrected chi connectivity index (χ4v) is 4.02. The molecule has 3 aromatic rings. The highest BCUT2D eigenvalue weighted by molar-refractivity contribution is 7.87. The van der Waals surface area contributed by atoms with Gasteiger partial charge in [-0.3, -0.25) is 4.79 Å². The smallest absolute Gasteiger partial charge is 0.340 e. The fraction of sp³-hybridized carbons (Fsp3) is 0. The molecule has 0 aromatic heterocycles. The molecule has 3 rings (SSSR count). The van der Waals surface area contributed by atoms with Crippen molar-refractivity contribution in [2.45, 2.75) is 4.90 Å². The zero-order valence-corrected chi connectivity index (χ0v) is 16.7. The molecule has 0 atom stereocenters. The molecular weight excluding hydrogens is 419 g/mol. The number of carbonyl (C=O) groups is 1. The van der Waals surface area contributed by atoms with E-state index in [0.717, 1.165) is 5.56 Å². The van der Waals surface area contributed by atoms with Crippen molar-refractivity contribution in [1.82, 2.24) is 0 Å². The highest BCUT2D eigenvalue weighted by Crippen LogP contribution is 2.28. The van der Waals surface area contributed by atoms with Crippen LogP contribution in [0.25, 0.3) is 6.08 Å². The molecule has 0 heterocycles. The molecule has 0 aliphatic rings. The van der Waals surface area contributed by atoms with E-state index < -0.39 is 10.1 Å². The average molecular weight is 433 g/mol. The normalized spacial score (nSPS) is 11.5. The Morgan fingerprint density at radius 2 is 1.57 bits per heavy atom. The molecule has 0 saturated heterocycles. The Kier molecular flexibility index (Phi) is 6.19. The van der Waals surface area contributed by atoms with E-state index in [1.165, 1.54) is 36.4 Å². The van der Waals surface area contributed by atoms with Crippen molar-refractivity contribution >= 4 is 45.2 Å². The van der Waals surface area contributed by atoms with Crippen LogP contribution in [0.1, 0.15) is 15.9 Å². The van der Waals surface area contributed by atoms with Crippen LogP contribution >= 0.6 is 23.2 Å². The molecule has 0 fully saturated rings. The summed E-state index contributed by atoms with van der Waals surface area (Å²) in [5.74, 6) is -0.0123. The van der Waals surface area contributed by atoms with E-state index in [-0.39, 0.29) is 26.5 Å². The Hall–Kier alpha value is -2.60. The lowest BCUT2D eigenvalue weighted by Crippen LogP contribution is -2.10. The van der Waals surface area contributed by atoms with Crippen LogP contribution in [0.2, 0.25) is 10.0 Å². The molecule has 0 aliphatic heterocycles.